The van der Waals surface area contributed by atoms with Gasteiger partial charge in [-0.3, -0.25) is 0 Å². The van der Waals surface area contributed by atoms with E-state index in [0.717, 1.165) is 15.8 Å². The minimum Gasteiger partial charge on any atom is -0.387 e. The van der Waals surface area contributed by atoms with Crippen molar-refractivity contribution in [3.05, 3.63) is 20.3 Å². The van der Waals surface area contributed by atoms with Gasteiger partial charge < -0.3 is 5.11 Å². The van der Waals surface area contributed by atoms with Gasteiger partial charge in [-0.2, -0.15) is 0 Å². The number of aliphatic hydroxyl groups excluding tert-OH is 1. The van der Waals surface area contributed by atoms with Gasteiger partial charge in [0.15, 0.2) is 0 Å². The highest BCUT2D eigenvalue weighted by Gasteiger charge is 2.38. The molecular formula is C14H21BrOS. The normalized spacial score (nSPS) is 25.8. The third-order valence-corrected chi connectivity index (χ3v) is 6.12. The average Bonchev–Trinajstić information content (AvgIpc) is 2.56. The van der Waals surface area contributed by atoms with Crippen LogP contribution in [0.4, 0.5) is 0 Å². The molecule has 1 aliphatic rings. The summed E-state index contributed by atoms with van der Waals surface area (Å²) in [6.45, 7) is 6.69. The highest BCUT2D eigenvalue weighted by atomic mass is 79.9. The van der Waals surface area contributed by atoms with Crippen LogP contribution in [0.5, 0.6) is 0 Å². The number of aryl methyl sites for hydroxylation is 1. The van der Waals surface area contributed by atoms with Gasteiger partial charge in [-0.1, -0.05) is 26.7 Å². The van der Waals surface area contributed by atoms with Crippen LogP contribution in [0.3, 0.4) is 0 Å². The zero-order valence-electron chi connectivity index (χ0n) is 10.8. The molecule has 2 rings (SSSR count). The number of halogens is 1. The van der Waals surface area contributed by atoms with Crippen LogP contribution in [0.15, 0.2) is 10.5 Å². The summed E-state index contributed by atoms with van der Waals surface area (Å²) in [5, 5.41) is 10.7. The number of hydrogen-bond donors (Lipinski definition) is 1. The minimum absolute atomic E-state index is 0.259. The Morgan fingerprint density at radius 1 is 1.47 bits per heavy atom. The third kappa shape index (κ3) is 2.77. The maximum Gasteiger partial charge on any atom is 0.0926 e. The number of thiophene rings is 1. The van der Waals surface area contributed by atoms with Crippen molar-refractivity contribution in [1.82, 2.24) is 0 Å². The molecule has 0 aromatic carbocycles. The number of hydrogen-bond acceptors (Lipinski definition) is 2. The van der Waals surface area contributed by atoms with E-state index in [1.54, 1.807) is 11.3 Å². The van der Waals surface area contributed by atoms with Gasteiger partial charge in [0.05, 0.1) is 6.10 Å². The fourth-order valence-corrected chi connectivity index (χ4v) is 4.93. The predicted molar refractivity (Wildman–Crippen MR) is 77.5 cm³/mol. The molecule has 0 bridgehead atoms. The summed E-state index contributed by atoms with van der Waals surface area (Å²) >= 11 is 5.29. The molecule has 0 radical (unpaired) electrons. The second kappa shape index (κ2) is 5.02. The van der Waals surface area contributed by atoms with Gasteiger partial charge in [-0.25, -0.2) is 0 Å². The van der Waals surface area contributed by atoms with Crippen LogP contribution in [0.25, 0.3) is 0 Å². The highest BCUT2D eigenvalue weighted by molar-refractivity contribution is 9.10. The second-order valence-corrected chi connectivity index (χ2v) is 8.00. The van der Waals surface area contributed by atoms with Crippen molar-refractivity contribution >= 4 is 27.3 Å². The van der Waals surface area contributed by atoms with E-state index >= 15 is 0 Å². The summed E-state index contributed by atoms with van der Waals surface area (Å²) in [4.78, 5) is 2.38. The fourth-order valence-electron chi connectivity index (χ4n) is 2.99. The smallest absolute Gasteiger partial charge is 0.0926 e. The Morgan fingerprint density at radius 3 is 2.71 bits per heavy atom. The second-order valence-electron chi connectivity index (χ2n) is 5.85. The molecule has 1 aromatic heterocycles. The van der Waals surface area contributed by atoms with E-state index in [2.05, 4.69) is 42.8 Å². The molecule has 1 nitrogen and oxygen atoms in total. The quantitative estimate of drug-likeness (QED) is 0.807. The lowest BCUT2D eigenvalue weighted by Crippen LogP contribution is -2.32. The van der Waals surface area contributed by atoms with Crippen molar-refractivity contribution in [2.75, 3.05) is 0 Å². The summed E-state index contributed by atoms with van der Waals surface area (Å²) in [7, 11) is 0. The molecule has 2 atom stereocenters. The lowest BCUT2D eigenvalue weighted by Gasteiger charge is -2.41. The van der Waals surface area contributed by atoms with E-state index in [0.29, 0.717) is 5.92 Å². The Hall–Kier alpha value is 0.140. The molecule has 1 aromatic rings. The molecule has 1 saturated carbocycles. The molecule has 17 heavy (non-hydrogen) atoms. The minimum atomic E-state index is -0.307. The van der Waals surface area contributed by atoms with Gasteiger partial charge in [-0.05, 0) is 53.1 Å². The molecule has 0 amide bonds. The summed E-state index contributed by atoms with van der Waals surface area (Å²) < 4.78 is 1.08. The van der Waals surface area contributed by atoms with Crippen LogP contribution < -0.4 is 0 Å². The first-order valence-corrected chi connectivity index (χ1v) is 7.96. The van der Waals surface area contributed by atoms with Crippen molar-refractivity contribution in [3.8, 4) is 0 Å². The Labute approximate surface area is 116 Å². The van der Waals surface area contributed by atoms with Gasteiger partial charge in [0.1, 0.15) is 0 Å². The zero-order valence-corrected chi connectivity index (χ0v) is 13.2. The molecule has 1 heterocycles. The van der Waals surface area contributed by atoms with Crippen LogP contribution in [-0.4, -0.2) is 5.11 Å². The van der Waals surface area contributed by atoms with Gasteiger partial charge in [0.25, 0.3) is 0 Å². The summed E-state index contributed by atoms with van der Waals surface area (Å²) in [6.07, 6.45) is 4.64. The molecule has 3 heteroatoms. The monoisotopic (exact) mass is 316 g/mol. The first-order chi connectivity index (χ1) is 7.92. The van der Waals surface area contributed by atoms with Gasteiger partial charge in [0.2, 0.25) is 0 Å². The topological polar surface area (TPSA) is 20.2 Å². The summed E-state index contributed by atoms with van der Waals surface area (Å²) in [6, 6.07) is 2.11. The van der Waals surface area contributed by atoms with Crippen molar-refractivity contribution < 1.29 is 5.11 Å². The Balaban J connectivity index is 2.24. The fraction of sp³-hybridized carbons (Fsp3) is 0.714. The zero-order chi connectivity index (χ0) is 12.6. The van der Waals surface area contributed by atoms with E-state index in [1.807, 2.05) is 0 Å². The van der Waals surface area contributed by atoms with Crippen LogP contribution >= 0.6 is 27.3 Å². The SMILES string of the molecule is Cc1cc(Br)c(C(O)C2CCCCC2(C)C)s1. The maximum absolute atomic E-state index is 10.7. The Kier molecular flexibility index (Phi) is 4.01. The van der Waals surface area contributed by atoms with Crippen LogP contribution in [0.1, 0.15) is 55.4 Å². The third-order valence-electron chi connectivity index (χ3n) is 4.08. The van der Waals surface area contributed by atoms with Gasteiger partial charge in [-0.15, -0.1) is 11.3 Å². The van der Waals surface area contributed by atoms with E-state index in [1.165, 1.54) is 24.1 Å². The lowest BCUT2D eigenvalue weighted by atomic mass is 9.66. The van der Waals surface area contributed by atoms with Crippen LogP contribution in [-0.2, 0) is 0 Å². The molecule has 1 N–H and O–H groups in total. The summed E-state index contributed by atoms with van der Waals surface area (Å²) in [5.74, 6) is 0.394. The highest BCUT2D eigenvalue weighted by Crippen LogP contribution is 2.49. The molecule has 1 aliphatic carbocycles. The molecule has 1 fully saturated rings. The van der Waals surface area contributed by atoms with Crippen molar-refractivity contribution in [2.45, 2.75) is 52.6 Å². The predicted octanol–water partition coefficient (Wildman–Crippen LogP) is 5.07. The molecular weight excluding hydrogens is 296 g/mol. The lowest BCUT2D eigenvalue weighted by molar-refractivity contribution is 0.00554. The molecule has 0 aliphatic heterocycles. The van der Waals surface area contributed by atoms with E-state index in [-0.39, 0.29) is 11.5 Å². The Morgan fingerprint density at radius 2 is 2.18 bits per heavy atom. The van der Waals surface area contributed by atoms with Crippen molar-refractivity contribution in [3.63, 3.8) is 0 Å². The largest absolute Gasteiger partial charge is 0.387 e. The Bertz CT molecular complexity index is 397. The van der Waals surface area contributed by atoms with E-state index in [9.17, 15) is 5.11 Å². The molecule has 0 saturated heterocycles. The first kappa shape index (κ1) is 13.6. The first-order valence-electron chi connectivity index (χ1n) is 6.36. The summed E-state index contributed by atoms with van der Waals surface area (Å²) in [5.41, 5.74) is 0.259. The average molecular weight is 317 g/mol. The van der Waals surface area contributed by atoms with Gasteiger partial charge in [0, 0.05) is 14.2 Å². The number of aliphatic hydroxyl groups is 1. The molecule has 96 valence electrons. The molecule has 0 spiro atoms. The number of rotatable bonds is 2. The van der Waals surface area contributed by atoms with Crippen LogP contribution in [0, 0.1) is 18.3 Å². The maximum atomic E-state index is 10.7. The van der Waals surface area contributed by atoms with Crippen LogP contribution in [0.2, 0.25) is 0 Å². The standard InChI is InChI=1S/C14H21BrOS/c1-9-8-11(15)13(17-9)12(16)10-6-4-5-7-14(10,2)3/h8,10,12,16H,4-7H2,1-3H3. The van der Waals surface area contributed by atoms with E-state index < -0.39 is 0 Å². The molecule has 2 unspecified atom stereocenters. The van der Waals surface area contributed by atoms with Gasteiger partial charge >= 0.3 is 0 Å². The van der Waals surface area contributed by atoms with Crippen molar-refractivity contribution in [1.29, 1.82) is 0 Å². The van der Waals surface area contributed by atoms with E-state index in [4.69, 9.17) is 0 Å². The van der Waals surface area contributed by atoms with Crippen molar-refractivity contribution in [2.24, 2.45) is 11.3 Å².